The van der Waals surface area contributed by atoms with E-state index in [9.17, 15) is 4.79 Å². The van der Waals surface area contributed by atoms with E-state index in [1.165, 1.54) is 0 Å². The molecule has 1 aromatic carbocycles. The summed E-state index contributed by atoms with van der Waals surface area (Å²) in [6.45, 7) is 4.14. The standard InChI is InChI=1S/C24H24N6O/c1-13-4-5-26-10-18(13)15-6-16-8-21(27-11-19(16)20(25)7-15)29-24(31)23-14(2)22(23)17-9-28-30(3)12-17/h4-12,14,22-23H,25H2,1-3H3,(H,27,29,31)/t14-,22+,23-/m1/s1. The van der Waals surface area contributed by atoms with Crippen LogP contribution < -0.4 is 11.1 Å². The summed E-state index contributed by atoms with van der Waals surface area (Å²) >= 11 is 0. The molecule has 7 nitrogen and oxygen atoms in total. The topological polar surface area (TPSA) is 98.7 Å². The molecule has 0 bridgehead atoms. The first-order valence-electron chi connectivity index (χ1n) is 10.3. The van der Waals surface area contributed by atoms with Gasteiger partial charge < -0.3 is 11.1 Å². The number of rotatable bonds is 4. The number of hydrogen-bond donors (Lipinski definition) is 2. The van der Waals surface area contributed by atoms with Gasteiger partial charge in [0.05, 0.1) is 6.20 Å². The molecule has 1 amide bonds. The number of nitrogen functional groups attached to an aromatic ring is 1. The summed E-state index contributed by atoms with van der Waals surface area (Å²) in [5.74, 6) is 0.919. The molecule has 0 spiro atoms. The molecule has 31 heavy (non-hydrogen) atoms. The Morgan fingerprint density at radius 1 is 1.19 bits per heavy atom. The van der Waals surface area contributed by atoms with Crippen LogP contribution >= 0.6 is 0 Å². The summed E-state index contributed by atoms with van der Waals surface area (Å²) in [4.78, 5) is 21.6. The van der Waals surface area contributed by atoms with Gasteiger partial charge in [-0.05, 0) is 59.2 Å². The van der Waals surface area contributed by atoms with Crippen LogP contribution in [0.2, 0.25) is 0 Å². The molecule has 4 aromatic rings. The lowest BCUT2D eigenvalue weighted by Crippen LogP contribution is -2.16. The van der Waals surface area contributed by atoms with E-state index < -0.39 is 0 Å². The maximum absolute atomic E-state index is 12.9. The predicted molar refractivity (Wildman–Crippen MR) is 121 cm³/mol. The molecule has 0 aliphatic heterocycles. The molecule has 0 unspecified atom stereocenters. The van der Waals surface area contributed by atoms with Gasteiger partial charge in [0.1, 0.15) is 5.82 Å². The van der Waals surface area contributed by atoms with Crippen molar-refractivity contribution in [3.63, 3.8) is 0 Å². The SMILES string of the molecule is Cc1ccncc1-c1cc(N)c2cnc(NC(=O)[C@@H]3[C@H](C)[C@H]3c3cnn(C)c3)cc2c1. The highest BCUT2D eigenvalue weighted by atomic mass is 16.2. The minimum atomic E-state index is -0.0730. The minimum Gasteiger partial charge on any atom is -0.398 e. The van der Waals surface area contributed by atoms with Crippen molar-refractivity contribution in [2.24, 2.45) is 18.9 Å². The third-order valence-electron chi connectivity index (χ3n) is 6.26. The maximum atomic E-state index is 12.9. The smallest absolute Gasteiger partial charge is 0.229 e. The molecule has 156 valence electrons. The number of nitrogens with one attached hydrogen (secondary N) is 1. The van der Waals surface area contributed by atoms with Gasteiger partial charge in [-0.15, -0.1) is 0 Å². The largest absolute Gasteiger partial charge is 0.398 e. The van der Waals surface area contributed by atoms with Crippen molar-refractivity contribution in [2.45, 2.75) is 19.8 Å². The zero-order valence-corrected chi connectivity index (χ0v) is 17.7. The van der Waals surface area contributed by atoms with Crippen LogP contribution in [-0.4, -0.2) is 25.7 Å². The Balaban J connectivity index is 1.42. The first-order valence-corrected chi connectivity index (χ1v) is 10.3. The number of anilines is 2. The van der Waals surface area contributed by atoms with Crippen molar-refractivity contribution < 1.29 is 4.79 Å². The van der Waals surface area contributed by atoms with E-state index in [0.717, 1.165) is 33.0 Å². The minimum absolute atomic E-state index is 0.0135. The number of amides is 1. The summed E-state index contributed by atoms with van der Waals surface area (Å²) < 4.78 is 1.77. The van der Waals surface area contributed by atoms with E-state index in [2.05, 4.69) is 33.4 Å². The van der Waals surface area contributed by atoms with Crippen LogP contribution in [0.3, 0.4) is 0 Å². The van der Waals surface area contributed by atoms with Gasteiger partial charge in [-0.25, -0.2) is 4.98 Å². The number of aryl methyl sites for hydroxylation is 2. The number of aromatic nitrogens is 4. The Morgan fingerprint density at radius 2 is 2.03 bits per heavy atom. The van der Waals surface area contributed by atoms with E-state index in [1.807, 2.05) is 50.8 Å². The number of carbonyl (C=O) groups excluding carboxylic acids is 1. The average molecular weight is 412 g/mol. The van der Waals surface area contributed by atoms with E-state index in [-0.39, 0.29) is 23.7 Å². The zero-order chi connectivity index (χ0) is 21.7. The first kappa shape index (κ1) is 19.2. The second-order valence-electron chi connectivity index (χ2n) is 8.39. The van der Waals surface area contributed by atoms with Gasteiger partial charge in [0.25, 0.3) is 0 Å². The van der Waals surface area contributed by atoms with E-state index >= 15 is 0 Å². The highest BCUT2D eigenvalue weighted by molar-refractivity contribution is 6.00. The summed E-state index contributed by atoms with van der Waals surface area (Å²) in [6, 6.07) is 7.86. The fourth-order valence-corrected chi connectivity index (χ4v) is 4.47. The van der Waals surface area contributed by atoms with Crippen molar-refractivity contribution in [3.05, 3.63) is 66.4 Å². The monoisotopic (exact) mass is 412 g/mol. The van der Waals surface area contributed by atoms with Gasteiger partial charge in [0, 0.05) is 60.3 Å². The van der Waals surface area contributed by atoms with Gasteiger partial charge >= 0.3 is 0 Å². The van der Waals surface area contributed by atoms with Gasteiger partial charge in [-0.3, -0.25) is 14.5 Å². The number of benzene rings is 1. The number of nitrogens with zero attached hydrogens (tertiary/aromatic N) is 4. The molecule has 0 radical (unpaired) electrons. The highest BCUT2D eigenvalue weighted by Crippen LogP contribution is 2.54. The molecule has 5 rings (SSSR count). The Hall–Kier alpha value is -3.74. The van der Waals surface area contributed by atoms with Gasteiger partial charge in [-0.1, -0.05) is 6.92 Å². The fourth-order valence-electron chi connectivity index (χ4n) is 4.47. The Labute approximate surface area is 180 Å². The molecule has 3 N–H and O–H groups in total. The third kappa shape index (κ3) is 3.42. The molecular weight excluding hydrogens is 388 g/mol. The Bertz CT molecular complexity index is 1310. The fraction of sp³-hybridized carbons (Fsp3) is 0.250. The first-order chi connectivity index (χ1) is 14.9. The van der Waals surface area contributed by atoms with Gasteiger partial charge in [0.15, 0.2) is 0 Å². The van der Waals surface area contributed by atoms with Crippen LogP contribution in [0.4, 0.5) is 11.5 Å². The number of nitrogens with two attached hydrogens (primary N) is 1. The lowest BCUT2D eigenvalue weighted by Gasteiger charge is -2.11. The van der Waals surface area contributed by atoms with Crippen LogP contribution in [0, 0.1) is 18.8 Å². The van der Waals surface area contributed by atoms with Crippen molar-refractivity contribution >= 4 is 28.2 Å². The zero-order valence-electron chi connectivity index (χ0n) is 17.7. The second-order valence-corrected chi connectivity index (χ2v) is 8.39. The van der Waals surface area contributed by atoms with E-state index in [0.29, 0.717) is 11.5 Å². The molecule has 1 aliphatic carbocycles. The number of pyridine rings is 2. The van der Waals surface area contributed by atoms with E-state index in [1.54, 1.807) is 17.1 Å². The molecule has 3 heterocycles. The molecule has 0 saturated heterocycles. The number of fused-ring (bicyclic) bond motifs is 1. The quantitative estimate of drug-likeness (QED) is 0.495. The van der Waals surface area contributed by atoms with Crippen molar-refractivity contribution in [2.75, 3.05) is 11.1 Å². The lowest BCUT2D eigenvalue weighted by molar-refractivity contribution is -0.117. The average Bonchev–Trinajstić information content (AvgIpc) is 3.22. The van der Waals surface area contributed by atoms with Crippen LogP contribution in [0.1, 0.15) is 24.0 Å². The summed E-state index contributed by atoms with van der Waals surface area (Å²) in [5, 5.41) is 9.01. The lowest BCUT2D eigenvalue weighted by atomic mass is 9.99. The van der Waals surface area contributed by atoms with Crippen LogP contribution in [0.5, 0.6) is 0 Å². The van der Waals surface area contributed by atoms with Crippen LogP contribution in [-0.2, 0) is 11.8 Å². The molecule has 1 aliphatic rings. The predicted octanol–water partition coefficient (Wildman–Crippen LogP) is 3.91. The third-order valence-corrected chi connectivity index (χ3v) is 6.26. The molecule has 3 aromatic heterocycles. The Kier molecular flexibility index (Phi) is 4.46. The second kappa shape index (κ2) is 7.19. The molecule has 1 fully saturated rings. The van der Waals surface area contributed by atoms with Crippen LogP contribution in [0.25, 0.3) is 21.9 Å². The number of carbonyl (C=O) groups is 1. The molecule has 3 atom stereocenters. The van der Waals surface area contributed by atoms with Crippen molar-refractivity contribution in [1.29, 1.82) is 0 Å². The maximum Gasteiger partial charge on any atom is 0.229 e. The molecule has 1 saturated carbocycles. The molecule has 7 heteroatoms. The summed E-state index contributed by atoms with van der Waals surface area (Å²) in [7, 11) is 1.89. The number of hydrogen-bond acceptors (Lipinski definition) is 5. The highest BCUT2D eigenvalue weighted by Gasteiger charge is 2.52. The summed E-state index contributed by atoms with van der Waals surface area (Å²) in [5.41, 5.74) is 11.2. The summed E-state index contributed by atoms with van der Waals surface area (Å²) in [6.07, 6.45) is 9.15. The Morgan fingerprint density at radius 3 is 2.77 bits per heavy atom. The van der Waals surface area contributed by atoms with Crippen molar-refractivity contribution in [1.82, 2.24) is 19.7 Å². The van der Waals surface area contributed by atoms with E-state index in [4.69, 9.17) is 5.73 Å². The van der Waals surface area contributed by atoms with Crippen LogP contribution in [0.15, 0.2) is 55.2 Å². The normalized spacial score (nSPS) is 20.0. The van der Waals surface area contributed by atoms with Crippen molar-refractivity contribution in [3.8, 4) is 11.1 Å². The van der Waals surface area contributed by atoms with Gasteiger partial charge in [-0.2, -0.15) is 5.10 Å². The molecular formula is C24H24N6O. The van der Waals surface area contributed by atoms with Gasteiger partial charge in [0.2, 0.25) is 5.91 Å².